The molecule has 2 heterocycles. The number of furan rings is 1. The topological polar surface area (TPSA) is 81.2 Å². The van der Waals surface area contributed by atoms with Crippen LogP contribution in [0.3, 0.4) is 0 Å². The fraction of sp³-hybridized carbons (Fsp3) is 0.0500. The average molecular weight is 377 g/mol. The lowest BCUT2D eigenvalue weighted by atomic mass is 10.1. The van der Waals surface area contributed by atoms with Crippen LogP contribution >= 0.6 is 11.8 Å². The molecule has 27 heavy (non-hydrogen) atoms. The molecule has 2 aromatic carbocycles. The molecule has 0 aliphatic carbocycles. The molecule has 0 saturated heterocycles. The Morgan fingerprint density at radius 2 is 1.78 bits per heavy atom. The van der Waals surface area contributed by atoms with Crippen LogP contribution in [0.4, 0.5) is 5.69 Å². The first-order valence-electron chi connectivity index (χ1n) is 8.23. The van der Waals surface area contributed by atoms with Gasteiger partial charge in [-0.15, -0.1) is 10.2 Å². The quantitative estimate of drug-likeness (QED) is 0.483. The highest BCUT2D eigenvalue weighted by Crippen LogP contribution is 2.26. The molecule has 0 fully saturated rings. The Hall–Kier alpha value is -3.32. The summed E-state index contributed by atoms with van der Waals surface area (Å²) in [4.78, 5) is 12.3. The lowest BCUT2D eigenvalue weighted by Gasteiger charge is -2.05. The summed E-state index contributed by atoms with van der Waals surface area (Å²) in [5, 5.41) is 11.3. The monoisotopic (exact) mass is 377 g/mol. The Morgan fingerprint density at radius 1 is 0.963 bits per heavy atom. The number of amides is 1. The van der Waals surface area contributed by atoms with Gasteiger partial charge in [-0.2, -0.15) is 0 Å². The molecule has 0 atom stereocenters. The van der Waals surface area contributed by atoms with Gasteiger partial charge in [-0.1, -0.05) is 42.1 Å². The van der Waals surface area contributed by atoms with Crippen LogP contribution in [0.1, 0.15) is 15.9 Å². The van der Waals surface area contributed by atoms with Gasteiger partial charge >= 0.3 is 0 Å². The molecule has 0 spiro atoms. The van der Waals surface area contributed by atoms with E-state index in [1.54, 1.807) is 30.5 Å². The van der Waals surface area contributed by atoms with Crippen molar-refractivity contribution < 1.29 is 13.6 Å². The number of nitrogens with one attached hydrogen (secondary N) is 1. The van der Waals surface area contributed by atoms with E-state index in [0.29, 0.717) is 28.2 Å². The van der Waals surface area contributed by atoms with Gasteiger partial charge in [-0.25, -0.2) is 0 Å². The minimum absolute atomic E-state index is 0.139. The zero-order valence-corrected chi connectivity index (χ0v) is 15.0. The van der Waals surface area contributed by atoms with Crippen LogP contribution in [0.2, 0.25) is 0 Å². The van der Waals surface area contributed by atoms with E-state index in [9.17, 15) is 4.79 Å². The first-order chi connectivity index (χ1) is 13.3. The van der Waals surface area contributed by atoms with Crippen LogP contribution in [-0.4, -0.2) is 16.1 Å². The van der Waals surface area contributed by atoms with Gasteiger partial charge in [0.25, 0.3) is 17.0 Å². The second-order valence-electron chi connectivity index (χ2n) is 5.66. The van der Waals surface area contributed by atoms with Gasteiger partial charge < -0.3 is 14.2 Å². The van der Waals surface area contributed by atoms with Crippen molar-refractivity contribution in [1.29, 1.82) is 0 Å². The minimum Gasteiger partial charge on any atom is -0.459 e. The maximum atomic E-state index is 12.3. The van der Waals surface area contributed by atoms with Crippen molar-refractivity contribution in [2.45, 2.75) is 11.0 Å². The molecular weight excluding hydrogens is 362 g/mol. The zero-order valence-electron chi connectivity index (χ0n) is 14.2. The molecule has 2 aromatic heterocycles. The van der Waals surface area contributed by atoms with E-state index in [0.717, 1.165) is 11.3 Å². The Balaban J connectivity index is 1.35. The summed E-state index contributed by atoms with van der Waals surface area (Å²) in [7, 11) is 0. The minimum atomic E-state index is -0.139. The third kappa shape index (κ3) is 4.27. The van der Waals surface area contributed by atoms with Gasteiger partial charge in [0.2, 0.25) is 0 Å². The summed E-state index contributed by atoms with van der Waals surface area (Å²) < 4.78 is 10.8. The molecule has 134 valence electrons. The number of carbonyl (C=O) groups is 1. The van der Waals surface area contributed by atoms with Crippen molar-refractivity contribution in [1.82, 2.24) is 10.2 Å². The summed E-state index contributed by atoms with van der Waals surface area (Å²) in [6, 6.07) is 20.3. The summed E-state index contributed by atoms with van der Waals surface area (Å²) in [6.07, 6.45) is 1.56. The van der Waals surface area contributed by atoms with Gasteiger partial charge in [0.1, 0.15) is 0 Å². The Bertz CT molecular complexity index is 1010. The van der Waals surface area contributed by atoms with Crippen LogP contribution in [0, 0.1) is 0 Å². The second-order valence-corrected chi connectivity index (χ2v) is 6.58. The highest BCUT2D eigenvalue weighted by molar-refractivity contribution is 7.98. The third-order valence-corrected chi connectivity index (χ3v) is 4.64. The van der Waals surface area contributed by atoms with Gasteiger partial charge in [0.05, 0.1) is 6.26 Å². The molecule has 0 saturated carbocycles. The number of nitrogens with zero attached hydrogens (tertiary/aromatic N) is 2. The summed E-state index contributed by atoms with van der Waals surface area (Å²) >= 11 is 1.43. The lowest BCUT2D eigenvalue weighted by molar-refractivity contribution is 0.102. The van der Waals surface area contributed by atoms with E-state index >= 15 is 0 Å². The van der Waals surface area contributed by atoms with E-state index in [4.69, 9.17) is 8.83 Å². The third-order valence-electron chi connectivity index (χ3n) is 3.75. The Labute approximate surface area is 159 Å². The molecule has 0 bridgehead atoms. The first-order valence-corrected chi connectivity index (χ1v) is 9.22. The predicted molar refractivity (Wildman–Crippen MR) is 102 cm³/mol. The standard InChI is InChI=1S/C20H15N3O3S/c24-18(21-16-5-2-1-3-6-16)15-10-8-14(9-11-15)13-27-20-23-22-19(26-20)17-7-4-12-25-17/h1-12H,13H2,(H,21,24). The summed E-state index contributed by atoms with van der Waals surface area (Å²) in [5.74, 6) is 1.42. The van der Waals surface area contributed by atoms with Crippen molar-refractivity contribution in [2.75, 3.05) is 5.32 Å². The maximum absolute atomic E-state index is 12.3. The molecule has 0 aliphatic rings. The molecule has 1 N–H and O–H groups in total. The number of aromatic nitrogens is 2. The largest absolute Gasteiger partial charge is 0.459 e. The highest BCUT2D eigenvalue weighted by atomic mass is 32.2. The van der Waals surface area contributed by atoms with E-state index in [-0.39, 0.29) is 5.91 Å². The fourth-order valence-electron chi connectivity index (χ4n) is 2.39. The molecular formula is C20H15N3O3S. The van der Waals surface area contributed by atoms with Crippen molar-refractivity contribution in [3.8, 4) is 11.7 Å². The van der Waals surface area contributed by atoms with Crippen molar-refractivity contribution in [3.63, 3.8) is 0 Å². The number of hydrogen-bond donors (Lipinski definition) is 1. The number of benzene rings is 2. The first kappa shape index (κ1) is 17.1. The Kier molecular flexibility index (Phi) is 5.02. The van der Waals surface area contributed by atoms with Crippen molar-refractivity contribution in [2.24, 2.45) is 0 Å². The number of carbonyl (C=O) groups excluding carboxylic acids is 1. The molecule has 6 nitrogen and oxygen atoms in total. The molecule has 0 aliphatic heterocycles. The smallest absolute Gasteiger partial charge is 0.284 e. The number of para-hydroxylation sites is 1. The lowest BCUT2D eigenvalue weighted by Crippen LogP contribution is -2.11. The normalized spacial score (nSPS) is 10.7. The van der Waals surface area contributed by atoms with Crippen LogP contribution in [0.25, 0.3) is 11.7 Å². The summed E-state index contributed by atoms with van der Waals surface area (Å²) in [5.41, 5.74) is 2.42. The van der Waals surface area contributed by atoms with Crippen LogP contribution in [0.5, 0.6) is 0 Å². The molecule has 4 aromatic rings. The fourth-order valence-corrected chi connectivity index (χ4v) is 3.11. The van der Waals surface area contributed by atoms with Crippen LogP contribution in [0.15, 0.2) is 87.1 Å². The predicted octanol–water partition coefficient (Wildman–Crippen LogP) is 4.87. The van der Waals surface area contributed by atoms with E-state index < -0.39 is 0 Å². The molecule has 7 heteroatoms. The van der Waals surface area contributed by atoms with Gasteiger partial charge in [-0.3, -0.25) is 4.79 Å². The van der Waals surface area contributed by atoms with E-state index in [2.05, 4.69) is 15.5 Å². The van der Waals surface area contributed by atoms with E-state index in [1.165, 1.54) is 11.8 Å². The molecule has 0 unspecified atom stereocenters. The van der Waals surface area contributed by atoms with Crippen LogP contribution in [-0.2, 0) is 5.75 Å². The van der Waals surface area contributed by atoms with Gasteiger partial charge in [0.15, 0.2) is 5.76 Å². The van der Waals surface area contributed by atoms with Gasteiger partial charge in [-0.05, 0) is 42.0 Å². The number of thioether (sulfide) groups is 1. The molecule has 1 amide bonds. The zero-order chi connectivity index (χ0) is 18.5. The van der Waals surface area contributed by atoms with Crippen LogP contribution < -0.4 is 5.32 Å². The number of hydrogen-bond acceptors (Lipinski definition) is 6. The highest BCUT2D eigenvalue weighted by Gasteiger charge is 2.11. The maximum Gasteiger partial charge on any atom is 0.284 e. The van der Waals surface area contributed by atoms with Gasteiger partial charge in [0, 0.05) is 17.0 Å². The SMILES string of the molecule is O=C(Nc1ccccc1)c1ccc(CSc2nnc(-c3ccco3)o2)cc1. The molecule has 0 radical (unpaired) electrons. The Morgan fingerprint density at radius 3 is 2.52 bits per heavy atom. The average Bonchev–Trinajstić information content (AvgIpc) is 3.39. The van der Waals surface area contributed by atoms with E-state index in [1.807, 2.05) is 42.5 Å². The second kappa shape index (κ2) is 7.92. The van der Waals surface area contributed by atoms with Crippen molar-refractivity contribution >= 4 is 23.4 Å². The van der Waals surface area contributed by atoms with Crippen molar-refractivity contribution in [3.05, 3.63) is 84.1 Å². The number of anilines is 1. The number of rotatable bonds is 6. The molecule has 4 rings (SSSR count). The summed E-state index contributed by atoms with van der Waals surface area (Å²) in [6.45, 7) is 0.